The van der Waals surface area contributed by atoms with E-state index in [9.17, 15) is 8.42 Å². The molecule has 1 aromatic rings. The van der Waals surface area contributed by atoms with Gasteiger partial charge in [0, 0.05) is 24.1 Å². The Balaban J connectivity index is 1.85. The van der Waals surface area contributed by atoms with Crippen LogP contribution in [-0.2, 0) is 24.0 Å². The smallest absolute Gasteiger partial charge is 0.333 e. The number of hydrogen-bond donors (Lipinski definition) is 2. The van der Waals surface area contributed by atoms with Gasteiger partial charge in [0.15, 0.2) is 5.79 Å². The molecule has 2 fully saturated rings. The maximum Gasteiger partial charge on any atom is 0.333 e. The summed E-state index contributed by atoms with van der Waals surface area (Å²) in [4.78, 5) is 0. The van der Waals surface area contributed by atoms with E-state index in [0.717, 1.165) is 37.7 Å². The van der Waals surface area contributed by atoms with E-state index in [-0.39, 0.29) is 6.61 Å². The largest absolute Gasteiger partial charge is 0.398 e. The van der Waals surface area contributed by atoms with Crippen molar-refractivity contribution in [2.24, 2.45) is 5.14 Å². The van der Waals surface area contributed by atoms with Crippen LogP contribution in [0.25, 0.3) is 0 Å². The highest BCUT2D eigenvalue weighted by Gasteiger charge is 2.49. The second-order valence-corrected chi connectivity index (χ2v) is 7.29. The van der Waals surface area contributed by atoms with Crippen LogP contribution in [0.4, 0.5) is 5.69 Å². The van der Waals surface area contributed by atoms with E-state index in [2.05, 4.69) is 0 Å². The van der Waals surface area contributed by atoms with Crippen molar-refractivity contribution in [3.8, 4) is 0 Å². The van der Waals surface area contributed by atoms with Crippen molar-refractivity contribution in [3.05, 3.63) is 29.8 Å². The number of nitrogens with two attached hydrogens (primary N) is 2. The van der Waals surface area contributed by atoms with Gasteiger partial charge in [0.05, 0.1) is 6.61 Å². The molecular formula is C15H22N2O5S. The van der Waals surface area contributed by atoms with Gasteiger partial charge in [-0.25, -0.2) is 5.14 Å². The maximum absolute atomic E-state index is 11.1. The van der Waals surface area contributed by atoms with Crippen LogP contribution in [0.15, 0.2) is 24.3 Å². The topological polar surface area (TPSA) is 114 Å². The van der Waals surface area contributed by atoms with Crippen molar-refractivity contribution >= 4 is 16.0 Å². The number of hydrogen-bond acceptors (Lipinski definition) is 6. The average molecular weight is 342 g/mol. The molecule has 128 valence electrons. The van der Waals surface area contributed by atoms with Crippen LogP contribution in [0.5, 0.6) is 0 Å². The van der Waals surface area contributed by atoms with Crippen LogP contribution in [0.1, 0.15) is 43.8 Å². The molecule has 1 spiro atoms. The molecule has 0 aromatic heterocycles. The molecular weight excluding hydrogens is 320 g/mol. The average Bonchev–Trinajstić information content (AvgIpc) is 2.84. The summed E-state index contributed by atoms with van der Waals surface area (Å²) in [6.45, 7) is -0.195. The van der Waals surface area contributed by atoms with E-state index in [0.29, 0.717) is 5.69 Å². The van der Waals surface area contributed by atoms with Gasteiger partial charge in [-0.2, -0.15) is 8.42 Å². The van der Waals surface area contributed by atoms with E-state index < -0.39 is 28.3 Å². The number of rotatable bonds is 4. The molecule has 2 aliphatic rings. The van der Waals surface area contributed by atoms with Crippen molar-refractivity contribution in [2.75, 3.05) is 12.3 Å². The van der Waals surface area contributed by atoms with Crippen LogP contribution in [0.2, 0.25) is 0 Å². The first kappa shape index (κ1) is 16.7. The molecule has 8 heteroatoms. The highest BCUT2D eigenvalue weighted by molar-refractivity contribution is 7.84. The molecule has 2 atom stereocenters. The van der Waals surface area contributed by atoms with Crippen LogP contribution in [0.3, 0.4) is 0 Å². The Labute approximate surface area is 136 Å². The lowest BCUT2D eigenvalue weighted by molar-refractivity contribution is -0.196. The molecule has 0 bridgehead atoms. The molecule has 1 aliphatic carbocycles. The van der Waals surface area contributed by atoms with Gasteiger partial charge < -0.3 is 15.2 Å². The van der Waals surface area contributed by atoms with E-state index >= 15 is 0 Å². The van der Waals surface area contributed by atoms with Gasteiger partial charge in [-0.05, 0) is 18.9 Å². The standard InChI is InChI=1S/C15H22N2O5S/c16-12-7-3-2-6-11(12)14-13(10-20-23(17,18)19)21-15(22-14)8-4-1-5-9-15/h2-3,6-7,13-14H,1,4-5,8-10,16H2,(H2,17,18,19)/t13-,14-/m1/s1. The van der Waals surface area contributed by atoms with E-state index in [1.165, 1.54) is 0 Å². The second-order valence-electron chi connectivity index (χ2n) is 6.07. The highest BCUT2D eigenvalue weighted by Crippen LogP contribution is 2.47. The Morgan fingerprint density at radius 1 is 1.17 bits per heavy atom. The number of ether oxygens (including phenoxy) is 2. The summed E-state index contributed by atoms with van der Waals surface area (Å²) in [7, 11) is -4.04. The number of benzene rings is 1. The Morgan fingerprint density at radius 2 is 1.87 bits per heavy atom. The van der Waals surface area contributed by atoms with Crippen LogP contribution < -0.4 is 10.9 Å². The van der Waals surface area contributed by atoms with E-state index in [4.69, 9.17) is 24.5 Å². The Kier molecular flexibility index (Phi) is 4.61. The third-order valence-corrected chi connectivity index (χ3v) is 4.82. The minimum atomic E-state index is -4.04. The number of para-hydroxylation sites is 1. The summed E-state index contributed by atoms with van der Waals surface area (Å²) >= 11 is 0. The van der Waals surface area contributed by atoms with Gasteiger partial charge in [-0.1, -0.05) is 24.6 Å². The minimum absolute atomic E-state index is 0.195. The molecule has 1 saturated heterocycles. The molecule has 4 N–H and O–H groups in total. The quantitative estimate of drug-likeness (QED) is 0.804. The van der Waals surface area contributed by atoms with Crippen molar-refractivity contribution in [3.63, 3.8) is 0 Å². The zero-order chi connectivity index (χ0) is 16.5. The third-order valence-electron chi connectivity index (χ3n) is 4.36. The molecule has 1 saturated carbocycles. The SMILES string of the molecule is Nc1ccccc1[C@H]1OC2(CCCCC2)O[C@@H]1COS(N)(=O)=O. The van der Waals surface area contributed by atoms with Gasteiger partial charge in [-0.3, -0.25) is 4.18 Å². The molecule has 1 heterocycles. The molecule has 1 aromatic carbocycles. The lowest BCUT2D eigenvalue weighted by Gasteiger charge is -2.32. The first-order valence-corrected chi connectivity index (χ1v) is 9.23. The zero-order valence-electron chi connectivity index (χ0n) is 12.8. The molecule has 0 amide bonds. The first-order chi connectivity index (χ1) is 10.9. The predicted molar refractivity (Wildman–Crippen MR) is 84.4 cm³/mol. The fraction of sp³-hybridized carbons (Fsp3) is 0.600. The van der Waals surface area contributed by atoms with Gasteiger partial charge in [0.1, 0.15) is 12.2 Å². The summed E-state index contributed by atoms with van der Waals surface area (Å²) in [6.07, 6.45) is 3.68. The summed E-state index contributed by atoms with van der Waals surface area (Å²) in [5, 5.41) is 4.93. The van der Waals surface area contributed by atoms with Crippen molar-refractivity contribution in [2.45, 2.75) is 50.1 Å². The number of nitrogen functional groups attached to an aromatic ring is 1. The van der Waals surface area contributed by atoms with Crippen molar-refractivity contribution < 1.29 is 22.1 Å². The lowest BCUT2D eigenvalue weighted by Crippen LogP contribution is -2.34. The summed E-state index contributed by atoms with van der Waals surface area (Å²) in [6, 6.07) is 7.33. The normalized spacial score (nSPS) is 27.3. The van der Waals surface area contributed by atoms with E-state index in [1.54, 1.807) is 6.07 Å². The Hall–Kier alpha value is -1.19. The van der Waals surface area contributed by atoms with E-state index in [1.807, 2.05) is 18.2 Å². The van der Waals surface area contributed by atoms with Gasteiger partial charge in [-0.15, -0.1) is 0 Å². The fourth-order valence-corrected chi connectivity index (χ4v) is 3.64. The van der Waals surface area contributed by atoms with Crippen LogP contribution in [0, 0.1) is 0 Å². The molecule has 23 heavy (non-hydrogen) atoms. The summed E-state index contributed by atoms with van der Waals surface area (Å²) in [5.41, 5.74) is 7.40. The van der Waals surface area contributed by atoms with Crippen LogP contribution in [-0.4, -0.2) is 26.9 Å². The van der Waals surface area contributed by atoms with Crippen molar-refractivity contribution in [1.29, 1.82) is 0 Å². The van der Waals surface area contributed by atoms with Gasteiger partial charge in [0.2, 0.25) is 0 Å². The van der Waals surface area contributed by atoms with Crippen LogP contribution >= 0.6 is 0 Å². The molecule has 7 nitrogen and oxygen atoms in total. The number of anilines is 1. The van der Waals surface area contributed by atoms with Gasteiger partial charge in [0.25, 0.3) is 0 Å². The molecule has 3 rings (SSSR count). The Bertz CT molecular complexity index is 658. The first-order valence-electron chi connectivity index (χ1n) is 7.76. The second kappa shape index (κ2) is 6.37. The lowest BCUT2D eigenvalue weighted by atomic mass is 9.94. The maximum atomic E-state index is 11.1. The van der Waals surface area contributed by atoms with Crippen molar-refractivity contribution in [1.82, 2.24) is 0 Å². The zero-order valence-corrected chi connectivity index (χ0v) is 13.6. The fourth-order valence-electron chi connectivity index (χ4n) is 3.32. The highest BCUT2D eigenvalue weighted by atomic mass is 32.2. The Morgan fingerprint density at radius 3 is 2.52 bits per heavy atom. The summed E-state index contributed by atoms with van der Waals surface area (Å²) < 4.78 is 39.2. The third kappa shape index (κ3) is 3.84. The molecule has 0 radical (unpaired) electrons. The molecule has 1 aliphatic heterocycles. The minimum Gasteiger partial charge on any atom is -0.398 e. The van der Waals surface area contributed by atoms with Gasteiger partial charge >= 0.3 is 10.3 Å². The molecule has 0 unspecified atom stereocenters. The summed E-state index contributed by atoms with van der Waals surface area (Å²) in [5.74, 6) is -0.683. The monoisotopic (exact) mass is 342 g/mol. The predicted octanol–water partition coefficient (Wildman–Crippen LogP) is 1.61.